The molecule has 1 saturated heterocycles. The van der Waals surface area contributed by atoms with Crippen LogP contribution in [0.5, 0.6) is 0 Å². The van der Waals surface area contributed by atoms with Crippen LogP contribution in [0.25, 0.3) is 0 Å². The van der Waals surface area contributed by atoms with E-state index in [4.69, 9.17) is 10.9 Å². The number of oxime groups is 1. The zero-order valence-electron chi connectivity index (χ0n) is 10.3. The second-order valence-corrected chi connectivity index (χ2v) is 5.44. The second kappa shape index (κ2) is 5.39. The van der Waals surface area contributed by atoms with Gasteiger partial charge >= 0.3 is 0 Å². The number of amides is 1. The molecule has 98 valence electrons. The lowest BCUT2D eigenvalue weighted by molar-refractivity contribution is 0.0713. The number of carbonyl (C=O) groups excluding carboxylic acids is 1. The number of hydrogen-bond donors (Lipinski definition) is 2. The molecule has 0 atom stereocenters. The molecule has 1 aromatic rings. The standard InChI is InChI=1S/C12H17N3O2S/c1-8-4-7-18-10(8)12(16)15-5-2-9(3-6-15)11(13)14-17/h4,7,9,17H,2-3,5-6H2,1H3,(H2,13,14). The van der Waals surface area contributed by atoms with Gasteiger partial charge in [-0.3, -0.25) is 4.79 Å². The molecule has 0 radical (unpaired) electrons. The molecule has 1 aliphatic heterocycles. The van der Waals surface area contributed by atoms with Crippen molar-refractivity contribution in [3.05, 3.63) is 21.9 Å². The summed E-state index contributed by atoms with van der Waals surface area (Å²) in [6.07, 6.45) is 1.51. The highest BCUT2D eigenvalue weighted by molar-refractivity contribution is 7.12. The Kier molecular flexibility index (Phi) is 3.86. The van der Waals surface area contributed by atoms with Crippen LogP contribution in [0.2, 0.25) is 0 Å². The van der Waals surface area contributed by atoms with Crippen molar-refractivity contribution in [2.75, 3.05) is 13.1 Å². The molecule has 0 unspecified atom stereocenters. The van der Waals surface area contributed by atoms with E-state index < -0.39 is 0 Å². The summed E-state index contributed by atoms with van der Waals surface area (Å²) in [5.74, 6) is 0.457. The molecule has 3 N–H and O–H groups in total. The van der Waals surface area contributed by atoms with Gasteiger partial charge < -0.3 is 15.8 Å². The molecule has 0 bridgehead atoms. The van der Waals surface area contributed by atoms with Gasteiger partial charge in [-0.15, -0.1) is 11.3 Å². The van der Waals surface area contributed by atoms with Crippen molar-refractivity contribution < 1.29 is 10.0 Å². The molecule has 1 amide bonds. The number of amidine groups is 1. The van der Waals surface area contributed by atoms with E-state index in [1.165, 1.54) is 11.3 Å². The van der Waals surface area contributed by atoms with Crippen molar-refractivity contribution in [2.45, 2.75) is 19.8 Å². The summed E-state index contributed by atoms with van der Waals surface area (Å²) < 4.78 is 0. The van der Waals surface area contributed by atoms with Gasteiger partial charge in [-0.1, -0.05) is 5.16 Å². The van der Waals surface area contributed by atoms with E-state index >= 15 is 0 Å². The zero-order chi connectivity index (χ0) is 13.1. The van der Waals surface area contributed by atoms with Crippen molar-refractivity contribution in [2.24, 2.45) is 16.8 Å². The van der Waals surface area contributed by atoms with Gasteiger partial charge in [0, 0.05) is 19.0 Å². The molecule has 1 aromatic heterocycles. The summed E-state index contributed by atoms with van der Waals surface area (Å²) in [6, 6.07) is 1.96. The zero-order valence-corrected chi connectivity index (χ0v) is 11.1. The third-order valence-electron chi connectivity index (χ3n) is 3.37. The number of carbonyl (C=O) groups is 1. The lowest BCUT2D eigenvalue weighted by Gasteiger charge is -2.31. The number of thiophene rings is 1. The molecule has 0 aliphatic carbocycles. The number of nitrogens with zero attached hydrogens (tertiary/aromatic N) is 2. The molecular weight excluding hydrogens is 250 g/mol. The van der Waals surface area contributed by atoms with Crippen LogP contribution in [-0.4, -0.2) is 34.9 Å². The maximum absolute atomic E-state index is 12.3. The highest BCUT2D eigenvalue weighted by Gasteiger charge is 2.26. The van der Waals surface area contributed by atoms with E-state index in [0.717, 1.165) is 23.3 Å². The van der Waals surface area contributed by atoms with E-state index in [0.29, 0.717) is 13.1 Å². The fourth-order valence-corrected chi connectivity index (χ4v) is 3.09. The Hall–Kier alpha value is -1.56. The van der Waals surface area contributed by atoms with Crippen LogP contribution in [0.3, 0.4) is 0 Å². The largest absolute Gasteiger partial charge is 0.409 e. The Morgan fingerprint density at radius 1 is 1.56 bits per heavy atom. The number of piperidine rings is 1. The van der Waals surface area contributed by atoms with Crippen molar-refractivity contribution in [3.8, 4) is 0 Å². The highest BCUT2D eigenvalue weighted by Crippen LogP contribution is 2.22. The third-order valence-corrected chi connectivity index (χ3v) is 4.38. The average molecular weight is 267 g/mol. The van der Waals surface area contributed by atoms with Gasteiger partial charge in [0.25, 0.3) is 5.91 Å². The first-order chi connectivity index (χ1) is 8.63. The molecule has 18 heavy (non-hydrogen) atoms. The van der Waals surface area contributed by atoms with Crippen LogP contribution < -0.4 is 5.73 Å². The molecular formula is C12H17N3O2S. The number of likely N-dealkylation sites (tertiary alicyclic amines) is 1. The first kappa shape index (κ1) is 12.9. The van der Waals surface area contributed by atoms with Gasteiger partial charge in [0.1, 0.15) is 5.84 Å². The van der Waals surface area contributed by atoms with Crippen LogP contribution in [0.15, 0.2) is 16.6 Å². The smallest absolute Gasteiger partial charge is 0.264 e. The Labute approximate surface area is 110 Å². The van der Waals surface area contributed by atoms with Gasteiger partial charge in [-0.25, -0.2) is 0 Å². The van der Waals surface area contributed by atoms with Crippen molar-refractivity contribution in [1.82, 2.24) is 4.90 Å². The predicted molar refractivity (Wildman–Crippen MR) is 71.1 cm³/mol. The number of rotatable bonds is 2. The van der Waals surface area contributed by atoms with Crippen molar-refractivity contribution in [1.29, 1.82) is 0 Å². The number of hydrogen-bond acceptors (Lipinski definition) is 4. The monoisotopic (exact) mass is 267 g/mol. The van der Waals surface area contributed by atoms with E-state index in [2.05, 4.69) is 5.16 Å². The predicted octanol–water partition coefficient (Wildman–Crippen LogP) is 1.66. The lowest BCUT2D eigenvalue weighted by Crippen LogP contribution is -2.41. The van der Waals surface area contributed by atoms with E-state index in [1.54, 1.807) is 0 Å². The minimum absolute atomic E-state index is 0.0866. The third kappa shape index (κ3) is 2.48. The topological polar surface area (TPSA) is 78.9 Å². The minimum Gasteiger partial charge on any atom is -0.409 e. The maximum atomic E-state index is 12.3. The Balaban J connectivity index is 1.98. The molecule has 1 fully saturated rings. The molecule has 5 nitrogen and oxygen atoms in total. The second-order valence-electron chi connectivity index (χ2n) is 4.52. The molecule has 1 aliphatic rings. The maximum Gasteiger partial charge on any atom is 0.264 e. The van der Waals surface area contributed by atoms with Gasteiger partial charge in [-0.2, -0.15) is 0 Å². The van der Waals surface area contributed by atoms with E-state index in [1.807, 2.05) is 23.3 Å². The lowest BCUT2D eigenvalue weighted by atomic mass is 9.95. The van der Waals surface area contributed by atoms with Gasteiger partial charge in [0.15, 0.2) is 0 Å². The summed E-state index contributed by atoms with van der Waals surface area (Å²) in [6.45, 7) is 3.28. The first-order valence-corrected chi connectivity index (χ1v) is 6.82. The van der Waals surface area contributed by atoms with Crippen molar-refractivity contribution in [3.63, 3.8) is 0 Å². The first-order valence-electron chi connectivity index (χ1n) is 5.94. The summed E-state index contributed by atoms with van der Waals surface area (Å²) in [5, 5.41) is 13.6. The van der Waals surface area contributed by atoms with Crippen molar-refractivity contribution >= 4 is 23.1 Å². The van der Waals surface area contributed by atoms with Crippen LogP contribution in [0, 0.1) is 12.8 Å². The molecule has 6 heteroatoms. The van der Waals surface area contributed by atoms with Gasteiger partial charge in [0.2, 0.25) is 0 Å². The minimum atomic E-state index is 0.0866. The molecule has 0 saturated carbocycles. The van der Waals surface area contributed by atoms with Crippen LogP contribution in [-0.2, 0) is 0 Å². The summed E-state index contributed by atoms with van der Waals surface area (Å²) in [4.78, 5) is 14.9. The van der Waals surface area contributed by atoms with E-state index in [9.17, 15) is 4.79 Å². The number of nitrogens with two attached hydrogens (primary N) is 1. The summed E-state index contributed by atoms with van der Waals surface area (Å²) in [7, 11) is 0. The molecule has 2 rings (SSSR count). The Bertz CT molecular complexity index is 462. The Morgan fingerprint density at radius 2 is 2.22 bits per heavy atom. The fraction of sp³-hybridized carbons (Fsp3) is 0.500. The molecule has 0 spiro atoms. The van der Waals surface area contributed by atoms with E-state index in [-0.39, 0.29) is 17.7 Å². The molecule has 0 aromatic carbocycles. The highest BCUT2D eigenvalue weighted by atomic mass is 32.1. The average Bonchev–Trinajstić information content (AvgIpc) is 2.83. The van der Waals surface area contributed by atoms with Crippen LogP contribution in [0.1, 0.15) is 28.1 Å². The Morgan fingerprint density at radius 3 is 2.72 bits per heavy atom. The molecule has 2 heterocycles. The van der Waals surface area contributed by atoms with Crippen LogP contribution >= 0.6 is 11.3 Å². The number of aryl methyl sites for hydroxylation is 1. The van der Waals surface area contributed by atoms with Crippen LogP contribution in [0.4, 0.5) is 0 Å². The SMILES string of the molecule is Cc1ccsc1C(=O)N1CCC(C(N)=NO)CC1. The van der Waals surface area contributed by atoms with Gasteiger partial charge in [0.05, 0.1) is 4.88 Å². The summed E-state index contributed by atoms with van der Waals surface area (Å²) in [5.41, 5.74) is 6.62. The summed E-state index contributed by atoms with van der Waals surface area (Å²) >= 11 is 1.48. The quantitative estimate of drug-likeness (QED) is 0.370. The van der Waals surface area contributed by atoms with Gasteiger partial charge in [-0.05, 0) is 36.8 Å². The fourth-order valence-electron chi connectivity index (χ4n) is 2.20. The normalized spacial score (nSPS) is 18.1.